The van der Waals surface area contributed by atoms with E-state index in [1.165, 1.54) is 23.0 Å². The smallest absolute Gasteiger partial charge is 0.339 e. The van der Waals surface area contributed by atoms with Crippen LogP contribution in [0.4, 0.5) is 24.7 Å². The van der Waals surface area contributed by atoms with Gasteiger partial charge in [-0.1, -0.05) is 11.6 Å². The lowest BCUT2D eigenvalue weighted by Crippen LogP contribution is -2.51. The van der Waals surface area contributed by atoms with E-state index >= 15 is 0 Å². The van der Waals surface area contributed by atoms with Crippen molar-refractivity contribution in [1.29, 1.82) is 5.26 Å². The lowest BCUT2D eigenvalue weighted by atomic mass is 10.1. The first-order chi connectivity index (χ1) is 21.6. The van der Waals surface area contributed by atoms with E-state index in [2.05, 4.69) is 25.7 Å². The third kappa shape index (κ3) is 5.23. The number of benzene rings is 1. The van der Waals surface area contributed by atoms with Gasteiger partial charge >= 0.3 is 6.18 Å². The Bertz CT molecular complexity index is 1850. The predicted octanol–water partition coefficient (Wildman–Crippen LogP) is 3.28. The number of halogens is 4. The molecule has 2 amide bonds. The second-order valence-corrected chi connectivity index (χ2v) is 11.7. The molecule has 12 nitrogen and oxygen atoms in total. The first-order valence-corrected chi connectivity index (χ1v) is 14.7. The Morgan fingerprint density at radius 1 is 1.11 bits per heavy atom. The van der Waals surface area contributed by atoms with Gasteiger partial charge in [-0.25, -0.2) is 9.97 Å². The zero-order valence-corrected chi connectivity index (χ0v) is 24.4. The number of amides is 2. The summed E-state index contributed by atoms with van der Waals surface area (Å²) in [6.07, 6.45) is 0.569. The number of hydrogen-bond donors (Lipinski definition) is 2. The molecule has 2 saturated heterocycles. The maximum absolute atomic E-state index is 13.8. The highest BCUT2D eigenvalue weighted by atomic mass is 35.5. The second kappa shape index (κ2) is 11.0. The van der Waals surface area contributed by atoms with Crippen molar-refractivity contribution in [2.45, 2.75) is 12.7 Å². The zero-order chi connectivity index (χ0) is 31.5. The van der Waals surface area contributed by atoms with Gasteiger partial charge in [0.1, 0.15) is 6.54 Å². The topological polar surface area (TPSA) is 136 Å². The average molecular weight is 639 g/mol. The van der Waals surface area contributed by atoms with Crippen LogP contribution in [0.15, 0.2) is 43.0 Å². The van der Waals surface area contributed by atoms with Crippen molar-refractivity contribution >= 4 is 40.6 Å². The Kier molecular flexibility index (Phi) is 7.13. The van der Waals surface area contributed by atoms with Crippen molar-refractivity contribution in [1.82, 2.24) is 39.3 Å². The van der Waals surface area contributed by atoms with E-state index in [1.807, 2.05) is 4.90 Å². The second-order valence-electron chi connectivity index (χ2n) is 11.3. The standard InChI is InChI=1S/C29H26ClF3N10O2/c30-21-11-16(1-2-17(21)27(44)40-7-9-41(10-8-40)28(45)23-18-12-35-13-19(18)23)38-25-26-37-14-22(43(26)6-4-36-25)20-15-42(5-3-34)39-24(20)29(31,32)33/h1-2,4,6,11,14-15,18-19,23,35H,5,7-10,12-13H2,(H,36,38)/t18-,19+,23-. The largest absolute Gasteiger partial charge is 0.435 e. The number of fused-ring (bicyclic) bond motifs is 2. The minimum absolute atomic E-state index is 0.114. The maximum atomic E-state index is 13.8. The molecule has 1 aliphatic carbocycles. The summed E-state index contributed by atoms with van der Waals surface area (Å²) in [5.41, 5.74) is -0.208. The van der Waals surface area contributed by atoms with Gasteiger partial charge in [-0.15, -0.1) is 0 Å². The van der Waals surface area contributed by atoms with Crippen LogP contribution in [0.25, 0.3) is 16.9 Å². The van der Waals surface area contributed by atoms with Crippen LogP contribution in [0.3, 0.4) is 0 Å². The van der Waals surface area contributed by atoms with Crippen LogP contribution < -0.4 is 10.6 Å². The number of anilines is 2. The number of hydrogen-bond acceptors (Lipinski definition) is 8. The first kappa shape index (κ1) is 29.1. The fraction of sp³-hybridized carbons (Fsp3) is 0.379. The molecule has 5 heterocycles. The molecule has 0 bridgehead atoms. The summed E-state index contributed by atoms with van der Waals surface area (Å²) in [4.78, 5) is 38.3. The van der Waals surface area contributed by atoms with Crippen molar-refractivity contribution in [3.63, 3.8) is 0 Å². The van der Waals surface area contributed by atoms with E-state index in [0.29, 0.717) is 49.3 Å². The van der Waals surface area contributed by atoms with Crippen molar-refractivity contribution in [2.75, 3.05) is 44.6 Å². The molecule has 0 unspecified atom stereocenters. The number of nitrogens with one attached hydrogen (secondary N) is 2. The van der Waals surface area contributed by atoms with E-state index < -0.39 is 11.9 Å². The Hall–Kier alpha value is -4.68. The molecule has 0 radical (unpaired) electrons. The third-order valence-corrected chi connectivity index (χ3v) is 9.00. The molecule has 1 aromatic carbocycles. The van der Waals surface area contributed by atoms with Gasteiger partial charge in [0.2, 0.25) is 5.91 Å². The lowest BCUT2D eigenvalue weighted by molar-refractivity contribution is -0.141. The number of carbonyl (C=O) groups excluding carboxylic acids is 2. The van der Waals surface area contributed by atoms with E-state index in [1.54, 1.807) is 29.2 Å². The molecule has 7 rings (SSSR count). The molecule has 4 aromatic rings. The predicted molar refractivity (Wildman–Crippen MR) is 155 cm³/mol. The maximum Gasteiger partial charge on any atom is 0.435 e. The SMILES string of the molecule is N#CCn1cc(-c2cnc3c(Nc4ccc(C(=O)N5CCN(C(=O)[C@@H]6[C@@H]7CNC[C@@H]76)CC5)c(Cl)c4)nccn23)c(C(F)(F)F)n1. The molecule has 3 atom stereocenters. The third-order valence-electron chi connectivity index (χ3n) is 8.68. The number of aromatic nitrogens is 5. The van der Waals surface area contributed by atoms with Gasteiger partial charge < -0.3 is 20.4 Å². The summed E-state index contributed by atoms with van der Waals surface area (Å²) in [6, 6.07) is 6.60. The Morgan fingerprint density at radius 3 is 2.53 bits per heavy atom. The molecule has 3 aliphatic rings. The molecule has 16 heteroatoms. The number of nitrogens with zero attached hydrogens (tertiary/aromatic N) is 8. The summed E-state index contributed by atoms with van der Waals surface area (Å²) in [6.45, 7) is 3.26. The van der Waals surface area contributed by atoms with Gasteiger partial charge in [0.05, 0.1) is 34.1 Å². The van der Waals surface area contributed by atoms with Gasteiger partial charge in [0.15, 0.2) is 17.2 Å². The van der Waals surface area contributed by atoms with Crippen LogP contribution >= 0.6 is 11.6 Å². The number of alkyl halides is 3. The summed E-state index contributed by atoms with van der Waals surface area (Å²) >= 11 is 6.55. The fourth-order valence-electron chi connectivity index (χ4n) is 6.38. The minimum Gasteiger partial charge on any atom is -0.339 e. The van der Waals surface area contributed by atoms with Crippen molar-refractivity contribution < 1.29 is 22.8 Å². The van der Waals surface area contributed by atoms with Gasteiger partial charge in [-0.05, 0) is 43.1 Å². The fourth-order valence-corrected chi connectivity index (χ4v) is 6.64. The van der Waals surface area contributed by atoms with Crippen LogP contribution in [0.1, 0.15) is 16.1 Å². The molecule has 3 aromatic heterocycles. The highest BCUT2D eigenvalue weighted by Gasteiger charge is 2.58. The highest BCUT2D eigenvalue weighted by molar-refractivity contribution is 6.34. The summed E-state index contributed by atoms with van der Waals surface area (Å²) in [7, 11) is 0. The van der Waals surface area contributed by atoms with Crippen LogP contribution in [0.5, 0.6) is 0 Å². The Balaban J connectivity index is 1.06. The lowest BCUT2D eigenvalue weighted by Gasteiger charge is -2.35. The highest BCUT2D eigenvalue weighted by Crippen LogP contribution is 2.49. The molecular formula is C29H26ClF3N10O2. The van der Waals surface area contributed by atoms with Gasteiger partial charge in [0.25, 0.3) is 5.91 Å². The van der Waals surface area contributed by atoms with Crippen LogP contribution in [0.2, 0.25) is 5.02 Å². The summed E-state index contributed by atoms with van der Waals surface area (Å²) in [5.74, 6) is 1.21. The Morgan fingerprint density at radius 2 is 1.84 bits per heavy atom. The first-order valence-electron chi connectivity index (χ1n) is 14.3. The molecule has 0 spiro atoms. The van der Waals surface area contributed by atoms with E-state index in [0.717, 1.165) is 24.0 Å². The van der Waals surface area contributed by atoms with Gasteiger partial charge in [-0.2, -0.15) is 23.5 Å². The molecular weight excluding hydrogens is 613 g/mol. The van der Waals surface area contributed by atoms with E-state index in [9.17, 15) is 22.8 Å². The van der Waals surface area contributed by atoms with Crippen LogP contribution in [-0.2, 0) is 17.5 Å². The van der Waals surface area contributed by atoms with Gasteiger partial charge in [-0.3, -0.25) is 18.7 Å². The van der Waals surface area contributed by atoms with E-state index in [4.69, 9.17) is 16.9 Å². The number of nitriles is 1. The molecule has 1 saturated carbocycles. The molecule has 45 heavy (non-hydrogen) atoms. The molecule has 3 fully saturated rings. The number of carbonyl (C=O) groups is 2. The molecule has 2 aliphatic heterocycles. The molecule has 232 valence electrons. The minimum atomic E-state index is -4.75. The van der Waals surface area contributed by atoms with Crippen LogP contribution in [0, 0.1) is 29.1 Å². The quantitative estimate of drug-likeness (QED) is 0.328. The Labute approximate surface area is 259 Å². The number of rotatable bonds is 6. The zero-order valence-electron chi connectivity index (χ0n) is 23.6. The summed E-state index contributed by atoms with van der Waals surface area (Å²) in [5, 5.41) is 19.1. The normalized spacial score (nSPS) is 21.1. The summed E-state index contributed by atoms with van der Waals surface area (Å²) < 4.78 is 43.6. The number of piperidine rings is 1. The number of piperazine rings is 1. The van der Waals surface area contributed by atoms with Crippen LogP contribution in [-0.4, -0.2) is 85.0 Å². The molecule has 2 N–H and O–H groups in total. The van der Waals surface area contributed by atoms with Crippen molar-refractivity contribution in [3.8, 4) is 17.3 Å². The van der Waals surface area contributed by atoms with Gasteiger partial charge in [0, 0.05) is 56.4 Å². The monoisotopic (exact) mass is 638 g/mol. The average Bonchev–Trinajstić information content (AvgIpc) is 3.44. The number of imidazole rings is 1. The van der Waals surface area contributed by atoms with E-state index in [-0.39, 0.29) is 52.0 Å². The van der Waals surface area contributed by atoms with Crippen molar-refractivity contribution in [3.05, 3.63) is 59.3 Å². The van der Waals surface area contributed by atoms with Crippen molar-refractivity contribution in [2.24, 2.45) is 17.8 Å².